The van der Waals surface area contributed by atoms with Gasteiger partial charge in [-0.05, 0) is 39.5 Å². The van der Waals surface area contributed by atoms with Gasteiger partial charge < -0.3 is 20.1 Å². The van der Waals surface area contributed by atoms with Gasteiger partial charge in [-0.2, -0.15) is 0 Å². The Bertz CT molecular complexity index is 317. The van der Waals surface area contributed by atoms with Crippen LogP contribution in [-0.2, 0) is 14.3 Å². The second-order valence-corrected chi connectivity index (χ2v) is 5.89. The molecule has 0 unspecified atom stereocenters. The van der Waals surface area contributed by atoms with Crippen LogP contribution >= 0.6 is 0 Å². The highest BCUT2D eigenvalue weighted by molar-refractivity contribution is 5.74. The molecule has 0 aromatic rings. The Kier molecular flexibility index (Phi) is 5.60. The summed E-state index contributed by atoms with van der Waals surface area (Å²) in [6.45, 7) is 7.39. The zero-order chi connectivity index (χ0) is 14.5. The van der Waals surface area contributed by atoms with Crippen LogP contribution in [0.1, 0.15) is 33.6 Å². The number of likely N-dealkylation sites (tertiary alicyclic amines) is 1. The molecule has 1 fully saturated rings. The third kappa shape index (κ3) is 6.42. The minimum atomic E-state index is -0.460. The van der Waals surface area contributed by atoms with Gasteiger partial charge in [0.2, 0.25) is 5.91 Å². The zero-order valence-electron chi connectivity index (χ0n) is 12.0. The normalized spacial score (nSPS) is 17.3. The molecule has 1 heterocycles. The largest absolute Gasteiger partial charge is 0.444 e. The van der Waals surface area contributed by atoms with Gasteiger partial charge in [0.05, 0.1) is 6.61 Å². The first-order chi connectivity index (χ1) is 8.78. The van der Waals surface area contributed by atoms with E-state index in [4.69, 9.17) is 15.2 Å². The fourth-order valence-corrected chi connectivity index (χ4v) is 1.93. The van der Waals surface area contributed by atoms with E-state index in [1.54, 1.807) is 4.90 Å². The van der Waals surface area contributed by atoms with Crippen molar-refractivity contribution < 1.29 is 19.1 Å². The lowest BCUT2D eigenvalue weighted by Gasteiger charge is -2.33. The maximum atomic E-state index is 11.8. The average Bonchev–Trinajstić information content (AvgIpc) is 2.27. The summed E-state index contributed by atoms with van der Waals surface area (Å²) < 4.78 is 10.5. The van der Waals surface area contributed by atoms with Gasteiger partial charge in [-0.1, -0.05) is 0 Å². The Hall–Kier alpha value is -1.30. The molecule has 0 saturated carbocycles. The van der Waals surface area contributed by atoms with Crippen molar-refractivity contribution in [1.29, 1.82) is 0 Å². The van der Waals surface area contributed by atoms with Gasteiger partial charge in [0.25, 0.3) is 0 Å². The Morgan fingerprint density at radius 3 is 2.32 bits per heavy atom. The summed E-state index contributed by atoms with van der Waals surface area (Å²) in [5.74, 6) is -0.0794. The highest BCUT2D eigenvalue weighted by Crippen LogP contribution is 2.19. The summed E-state index contributed by atoms with van der Waals surface area (Å²) >= 11 is 0. The van der Waals surface area contributed by atoms with Crippen LogP contribution in [0.2, 0.25) is 0 Å². The molecule has 1 saturated heterocycles. The first-order valence-corrected chi connectivity index (χ1v) is 6.62. The highest BCUT2D eigenvalue weighted by atomic mass is 16.6. The lowest BCUT2D eigenvalue weighted by molar-refractivity contribution is -0.123. The Morgan fingerprint density at radius 1 is 1.26 bits per heavy atom. The number of hydrogen-bond acceptors (Lipinski definition) is 4. The number of carbonyl (C=O) groups is 2. The molecule has 6 nitrogen and oxygen atoms in total. The summed E-state index contributed by atoms with van der Waals surface area (Å²) in [7, 11) is 0. The molecule has 110 valence electrons. The van der Waals surface area contributed by atoms with Crippen molar-refractivity contribution >= 4 is 12.0 Å². The molecule has 6 heteroatoms. The third-order valence-corrected chi connectivity index (χ3v) is 2.86. The van der Waals surface area contributed by atoms with Crippen LogP contribution in [0.4, 0.5) is 4.79 Å². The maximum Gasteiger partial charge on any atom is 0.410 e. The van der Waals surface area contributed by atoms with Crippen molar-refractivity contribution in [2.24, 2.45) is 11.7 Å². The molecule has 0 aliphatic carbocycles. The first-order valence-electron chi connectivity index (χ1n) is 6.62. The van der Waals surface area contributed by atoms with Crippen LogP contribution in [0.15, 0.2) is 0 Å². The van der Waals surface area contributed by atoms with Crippen molar-refractivity contribution in [3.05, 3.63) is 0 Å². The smallest absolute Gasteiger partial charge is 0.410 e. The van der Waals surface area contributed by atoms with E-state index in [-0.39, 0.29) is 12.7 Å². The van der Waals surface area contributed by atoms with E-state index in [0.29, 0.717) is 25.6 Å². The maximum absolute atomic E-state index is 11.8. The SMILES string of the molecule is CC(C)(C)OC(=O)N1CCC(COCC(N)=O)CC1. The molecule has 1 aliphatic rings. The van der Waals surface area contributed by atoms with Gasteiger partial charge >= 0.3 is 6.09 Å². The molecule has 2 amide bonds. The molecule has 1 aliphatic heterocycles. The van der Waals surface area contributed by atoms with E-state index < -0.39 is 11.5 Å². The van der Waals surface area contributed by atoms with E-state index in [1.165, 1.54) is 0 Å². The van der Waals surface area contributed by atoms with Gasteiger partial charge in [0.15, 0.2) is 0 Å². The molecule has 0 spiro atoms. The van der Waals surface area contributed by atoms with E-state index in [0.717, 1.165) is 12.8 Å². The minimum Gasteiger partial charge on any atom is -0.444 e. The number of ether oxygens (including phenoxy) is 2. The number of piperidine rings is 1. The summed E-state index contributed by atoms with van der Waals surface area (Å²) in [5, 5.41) is 0. The number of nitrogens with two attached hydrogens (primary N) is 1. The lowest BCUT2D eigenvalue weighted by atomic mass is 9.98. The van der Waals surface area contributed by atoms with Crippen LogP contribution in [0.3, 0.4) is 0 Å². The van der Waals surface area contributed by atoms with Gasteiger partial charge in [-0.15, -0.1) is 0 Å². The molecule has 0 aromatic heterocycles. The number of amides is 2. The van der Waals surface area contributed by atoms with E-state index >= 15 is 0 Å². The molecule has 1 rings (SSSR count). The van der Waals surface area contributed by atoms with Crippen molar-refractivity contribution in [1.82, 2.24) is 4.90 Å². The molecular weight excluding hydrogens is 248 g/mol. The van der Waals surface area contributed by atoms with Gasteiger partial charge in [-0.3, -0.25) is 4.79 Å². The Labute approximate surface area is 114 Å². The predicted octanol–water partition coefficient (Wildman–Crippen LogP) is 1.14. The predicted molar refractivity (Wildman–Crippen MR) is 70.5 cm³/mol. The minimum absolute atomic E-state index is 0.0354. The Balaban J connectivity index is 2.25. The number of carbonyl (C=O) groups excluding carboxylic acids is 2. The summed E-state index contributed by atoms with van der Waals surface area (Å²) in [5.41, 5.74) is 4.54. The van der Waals surface area contributed by atoms with E-state index in [1.807, 2.05) is 20.8 Å². The molecule has 0 atom stereocenters. The molecule has 0 bridgehead atoms. The zero-order valence-corrected chi connectivity index (χ0v) is 12.0. The van der Waals surface area contributed by atoms with Crippen molar-refractivity contribution in [2.45, 2.75) is 39.2 Å². The monoisotopic (exact) mass is 272 g/mol. The van der Waals surface area contributed by atoms with Crippen LogP contribution in [-0.4, -0.2) is 48.8 Å². The van der Waals surface area contributed by atoms with Crippen molar-refractivity contribution in [3.63, 3.8) is 0 Å². The van der Waals surface area contributed by atoms with Gasteiger partial charge in [0, 0.05) is 13.1 Å². The summed E-state index contributed by atoms with van der Waals surface area (Å²) in [6, 6.07) is 0. The summed E-state index contributed by atoms with van der Waals surface area (Å²) in [4.78, 5) is 24.1. The fourth-order valence-electron chi connectivity index (χ4n) is 1.93. The topological polar surface area (TPSA) is 81.9 Å². The third-order valence-electron chi connectivity index (χ3n) is 2.86. The standard InChI is InChI=1S/C13H24N2O4/c1-13(2,3)19-12(17)15-6-4-10(5-7-15)8-18-9-11(14)16/h10H,4-9H2,1-3H3,(H2,14,16). The number of hydrogen-bond donors (Lipinski definition) is 1. The first kappa shape index (κ1) is 15.8. The van der Waals surface area contributed by atoms with Crippen LogP contribution < -0.4 is 5.73 Å². The van der Waals surface area contributed by atoms with E-state index in [2.05, 4.69) is 0 Å². The van der Waals surface area contributed by atoms with Crippen LogP contribution in [0, 0.1) is 5.92 Å². The van der Waals surface area contributed by atoms with Crippen LogP contribution in [0.5, 0.6) is 0 Å². The number of rotatable bonds is 4. The lowest BCUT2D eigenvalue weighted by Crippen LogP contribution is -2.42. The molecule has 19 heavy (non-hydrogen) atoms. The van der Waals surface area contributed by atoms with Gasteiger partial charge in [0.1, 0.15) is 12.2 Å². The fraction of sp³-hybridized carbons (Fsp3) is 0.846. The van der Waals surface area contributed by atoms with Crippen LogP contribution in [0.25, 0.3) is 0 Å². The summed E-state index contributed by atoms with van der Waals surface area (Å²) in [6.07, 6.45) is 1.46. The average molecular weight is 272 g/mol. The molecule has 0 aromatic carbocycles. The molecule has 0 radical (unpaired) electrons. The molecule has 2 N–H and O–H groups in total. The number of nitrogens with zero attached hydrogens (tertiary/aromatic N) is 1. The van der Waals surface area contributed by atoms with Gasteiger partial charge in [-0.25, -0.2) is 4.79 Å². The molecular formula is C13H24N2O4. The van der Waals surface area contributed by atoms with Crippen molar-refractivity contribution in [3.8, 4) is 0 Å². The van der Waals surface area contributed by atoms with E-state index in [9.17, 15) is 9.59 Å². The van der Waals surface area contributed by atoms with Crippen molar-refractivity contribution in [2.75, 3.05) is 26.3 Å². The Morgan fingerprint density at radius 2 is 1.84 bits per heavy atom. The highest BCUT2D eigenvalue weighted by Gasteiger charge is 2.26. The second kappa shape index (κ2) is 6.75. The number of primary amides is 1. The second-order valence-electron chi connectivity index (χ2n) is 5.89. The quantitative estimate of drug-likeness (QED) is 0.832.